The van der Waals surface area contributed by atoms with Gasteiger partial charge >= 0.3 is 5.97 Å². The highest BCUT2D eigenvalue weighted by Crippen LogP contribution is 2.37. The molecule has 0 amide bonds. The van der Waals surface area contributed by atoms with E-state index in [4.69, 9.17) is 5.11 Å². The lowest BCUT2D eigenvalue weighted by molar-refractivity contribution is -0.132. The molecule has 0 bridgehead atoms. The molecule has 2 aliphatic carbocycles. The first-order chi connectivity index (χ1) is 10.2. The van der Waals surface area contributed by atoms with Gasteiger partial charge in [0.15, 0.2) is 0 Å². The van der Waals surface area contributed by atoms with E-state index in [0.717, 1.165) is 12.8 Å². The van der Waals surface area contributed by atoms with Gasteiger partial charge in [0.05, 0.1) is 0 Å². The van der Waals surface area contributed by atoms with E-state index in [1.807, 2.05) is 6.08 Å². The third-order valence-electron chi connectivity index (χ3n) is 4.50. The molecule has 2 rings (SSSR count). The van der Waals surface area contributed by atoms with E-state index in [2.05, 4.69) is 24.8 Å². The number of carboxylic acids is 1. The minimum absolute atomic E-state index is 0.264. The smallest absolute Gasteiger partial charge is 0.331 e. The fourth-order valence-corrected chi connectivity index (χ4v) is 3.33. The number of carboxylic acid groups (broad SMARTS) is 1. The van der Waals surface area contributed by atoms with E-state index in [1.54, 1.807) is 11.1 Å². The third kappa shape index (κ3) is 4.73. The molecule has 114 valence electrons. The highest BCUT2D eigenvalue weighted by Gasteiger charge is 2.21. The second kappa shape index (κ2) is 8.02. The lowest BCUT2D eigenvalue weighted by Gasteiger charge is -2.19. The number of allylic oxidation sites excluding steroid dienone is 6. The van der Waals surface area contributed by atoms with Gasteiger partial charge in [-0.15, -0.1) is 0 Å². The quantitative estimate of drug-likeness (QED) is 0.492. The molecule has 0 aromatic heterocycles. The molecule has 0 fully saturated rings. The average Bonchev–Trinajstić information content (AvgIpc) is 3.15. The van der Waals surface area contributed by atoms with Crippen LogP contribution in [-0.4, -0.2) is 11.1 Å². The second-order valence-electron chi connectivity index (χ2n) is 6.06. The maximum Gasteiger partial charge on any atom is 0.331 e. The average molecular weight is 286 g/mol. The summed E-state index contributed by atoms with van der Waals surface area (Å²) in [6.07, 6.45) is 19.2. The molecule has 0 atom stereocenters. The Morgan fingerprint density at radius 2 is 1.81 bits per heavy atom. The van der Waals surface area contributed by atoms with E-state index in [9.17, 15) is 4.79 Å². The Balaban J connectivity index is 1.83. The van der Waals surface area contributed by atoms with Gasteiger partial charge in [0.25, 0.3) is 0 Å². The first-order valence-electron chi connectivity index (χ1n) is 8.12. The van der Waals surface area contributed by atoms with Gasteiger partial charge < -0.3 is 5.11 Å². The van der Waals surface area contributed by atoms with Gasteiger partial charge in [-0.3, -0.25) is 0 Å². The summed E-state index contributed by atoms with van der Waals surface area (Å²) in [5.41, 5.74) is 3.55. The van der Waals surface area contributed by atoms with Crippen molar-refractivity contribution < 1.29 is 9.90 Å². The molecule has 0 saturated heterocycles. The van der Waals surface area contributed by atoms with Crippen LogP contribution in [-0.2, 0) is 4.79 Å². The van der Waals surface area contributed by atoms with Gasteiger partial charge in [0, 0.05) is 11.5 Å². The normalized spacial score (nSPS) is 18.3. The van der Waals surface area contributed by atoms with E-state index < -0.39 is 5.97 Å². The Labute approximate surface area is 127 Å². The summed E-state index contributed by atoms with van der Waals surface area (Å²) < 4.78 is 0. The fraction of sp³-hybridized carbons (Fsp3) is 0.526. The van der Waals surface area contributed by atoms with E-state index in [1.165, 1.54) is 38.5 Å². The van der Waals surface area contributed by atoms with Crippen LogP contribution in [0.1, 0.15) is 57.8 Å². The predicted octanol–water partition coefficient (Wildman–Crippen LogP) is 5.19. The van der Waals surface area contributed by atoms with E-state index >= 15 is 0 Å². The second-order valence-corrected chi connectivity index (χ2v) is 6.06. The molecule has 21 heavy (non-hydrogen) atoms. The Hall–Kier alpha value is -1.57. The fourth-order valence-electron chi connectivity index (χ4n) is 3.33. The van der Waals surface area contributed by atoms with Gasteiger partial charge in [-0.05, 0) is 57.8 Å². The van der Waals surface area contributed by atoms with Crippen molar-refractivity contribution in [2.45, 2.75) is 57.8 Å². The molecule has 0 spiro atoms. The highest BCUT2D eigenvalue weighted by atomic mass is 16.4. The van der Waals surface area contributed by atoms with Gasteiger partial charge in [0.2, 0.25) is 0 Å². The van der Waals surface area contributed by atoms with Crippen molar-refractivity contribution in [1.29, 1.82) is 0 Å². The molecule has 0 aromatic carbocycles. The number of hydrogen-bond donors (Lipinski definition) is 1. The van der Waals surface area contributed by atoms with Crippen LogP contribution in [0.4, 0.5) is 0 Å². The Morgan fingerprint density at radius 3 is 2.29 bits per heavy atom. The molecule has 0 unspecified atom stereocenters. The van der Waals surface area contributed by atoms with Crippen LogP contribution >= 0.6 is 0 Å². The molecule has 0 aliphatic heterocycles. The molecule has 0 heterocycles. The summed E-state index contributed by atoms with van der Waals surface area (Å²) in [6.45, 7) is 3.54. The van der Waals surface area contributed by atoms with Crippen molar-refractivity contribution in [2.24, 2.45) is 5.92 Å². The van der Waals surface area contributed by atoms with E-state index in [0.29, 0.717) is 12.3 Å². The zero-order valence-corrected chi connectivity index (χ0v) is 12.8. The zero-order valence-electron chi connectivity index (χ0n) is 12.8. The predicted molar refractivity (Wildman–Crippen MR) is 87.1 cm³/mol. The number of carbonyl (C=O) groups is 1. The van der Waals surface area contributed by atoms with Gasteiger partial charge in [0.1, 0.15) is 0 Å². The van der Waals surface area contributed by atoms with Crippen LogP contribution in [0.15, 0.2) is 47.6 Å². The SMILES string of the molecule is C=C(CC=CCCC(C1=CCCC1)C1=CCCC1)C(=O)O. The topological polar surface area (TPSA) is 37.3 Å². The molecule has 0 aromatic rings. The largest absolute Gasteiger partial charge is 0.478 e. The van der Waals surface area contributed by atoms with Gasteiger partial charge in [-0.2, -0.15) is 0 Å². The maximum absolute atomic E-state index is 10.7. The van der Waals surface area contributed by atoms with Crippen molar-refractivity contribution in [3.63, 3.8) is 0 Å². The minimum atomic E-state index is -0.898. The minimum Gasteiger partial charge on any atom is -0.478 e. The Bertz CT molecular complexity index is 456. The number of rotatable bonds is 8. The van der Waals surface area contributed by atoms with Crippen LogP contribution in [0.2, 0.25) is 0 Å². The van der Waals surface area contributed by atoms with Crippen molar-refractivity contribution in [2.75, 3.05) is 0 Å². The molecule has 0 saturated carbocycles. The molecule has 1 N–H and O–H groups in total. The summed E-state index contributed by atoms with van der Waals surface area (Å²) in [6, 6.07) is 0. The van der Waals surface area contributed by atoms with Crippen molar-refractivity contribution >= 4 is 5.97 Å². The molecular formula is C19H26O2. The molecule has 2 nitrogen and oxygen atoms in total. The number of aliphatic carboxylic acids is 1. The summed E-state index contributed by atoms with van der Waals surface area (Å²) >= 11 is 0. The maximum atomic E-state index is 10.7. The Morgan fingerprint density at radius 1 is 1.19 bits per heavy atom. The summed E-state index contributed by atoms with van der Waals surface area (Å²) in [5.74, 6) is -0.257. The van der Waals surface area contributed by atoms with Gasteiger partial charge in [-0.25, -0.2) is 4.79 Å². The van der Waals surface area contributed by atoms with Gasteiger partial charge in [-0.1, -0.05) is 42.0 Å². The first-order valence-corrected chi connectivity index (χ1v) is 8.12. The Kier molecular flexibility index (Phi) is 6.04. The van der Waals surface area contributed by atoms with Crippen molar-refractivity contribution in [1.82, 2.24) is 0 Å². The molecule has 2 heteroatoms. The first kappa shape index (κ1) is 15.8. The van der Waals surface area contributed by atoms with Crippen molar-refractivity contribution in [3.8, 4) is 0 Å². The summed E-state index contributed by atoms with van der Waals surface area (Å²) in [4.78, 5) is 10.7. The monoisotopic (exact) mass is 286 g/mol. The van der Waals surface area contributed by atoms with Crippen LogP contribution in [0.5, 0.6) is 0 Å². The highest BCUT2D eigenvalue weighted by molar-refractivity contribution is 5.85. The standard InChI is InChI=1S/C19H26O2/c1-15(19(20)21)9-3-2-4-14-18(16-10-5-6-11-16)17-12-7-8-13-17/h2-3,10,12,18H,1,4-9,11,13-14H2,(H,20,21). The lowest BCUT2D eigenvalue weighted by Crippen LogP contribution is -2.05. The summed E-state index contributed by atoms with van der Waals surface area (Å²) in [5, 5.41) is 8.77. The van der Waals surface area contributed by atoms with Crippen LogP contribution < -0.4 is 0 Å². The third-order valence-corrected chi connectivity index (χ3v) is 4.50. The summed E-state index contributed by atoms with van der Waals surface area (Å²) in [7, 11) is 0. The van der Waals surface area contributed by atoms with Crippen LogP contribution in [0.25, 0.3) is 0 Å². The van der Waals surface area contributed by atoms with Crippen molar-refractivity contribution in [3.05, 3.63) is 47.6 Å². The van der Waals surface area contributed by atoms with Crippen LogP contribution in [0.3, 0.4) is 0 Å². The molecule has 0 radical (unpaired) electrons. The molecule has 2 aliphatic rings. The number of hydrogen-bond acceptors (Lipinski definition) is 1. The zero-order chi connectivity index (χ0) is 15.1. The van der Waals surface area contributed by atoms with Crippen LogP contribution in [0, 0.1) is 5.92 Å². The van der Waals surface area contributed by atoms with E-state index in [-0.39, 0.29) is 5.57 Å². The lowest BCUT2D eigenvalue weighted by atomic mass is 9.86. The molecular weight excluding hydrogens is 260 g/mol.